The van der Waals surface area contributed by atoms with Crippen LogP contribution in [0.5, 0.6) is 0 Å². The van der Waals surface area contributed by atoms with Gasteiger partial charge >= 0.3 is 0 Å². The number of carbonyl (C=O) groups excluding carboxylic acids is 1. The fourth-order valence-electron chi connectivity index (χ4n) is 1.89. The molecular formula is C15H18N2O. The summed E-state index contributed by atoms with van der Waals surface area (Å²) in [5, 5.41) is 4.18. The van der Waals surface area contributed by atoms with Gasteiger partial charge in [-0.25, -0.2) is 0 Å². The molecule has 0 atom stereocenters. The van der Waals surface area contributed by atoms with Crippen molar-refractivity contribution in [2.24, 2.45) is 0 Å². The van der Waals surface area contributed by atoms with E-state index < -0.39 is 0 Å². The monoisotopic (exact) mass is 242 g/mol. The molecule has 1 aromatic carbocycles. The molecule has 18 heavy (non-hydrogen) atoms. The summed E-state index contributed by atoms with van der Waals surface area (Å²) in [6, 6.07) is 7.78. The van der Waals surface area contributed by atoms with E-state index in [1.54, 1.807) is 6.20 Å². The molecule has 94 valence electrons. The number of hydrogen-bond acceptors (Lipinski definition) is 2. The first-order chi connectivity index (χ1) is 8.74. The lowest BCUT2D eigenvalue weighted by atomic mass is 10.0. The Kier molecular flexibility index (Phi) is 3.92. The van der Waals surface area contributed by atoms with Gasteiger partial charge in [-0.1, -0.05) is 38.1 Å². The van der Waals surface area contributed by atoms with Crippen LogP contribution >= 0.6 is 0 Å². The van der Waals surface area contributed by atoms with E-state index >= 15 is 0 Å². The summed E-state index contributed by atoms with van der Waals surface area (Å²) >= 11 is 0. The number of ketones is 1. The summed E-state index contributed by atoms with van der Waals surface area (Å²) in [5.74, 6) is 0.0417. The van der Waals surface area contributed by atoms with Crippen molar-refractivity contribution in [2.75, 3.05) is 0 Å². The van der Waals surface area contributed by atoms with E-state index in [2.05, 4.69) is 18.9 Å². The Labute approximate surface area is 107 Å². The van der Waals surface area contributed by atoms with Crippen molar-refractivity contribution in [3.8, 4) is 0 Å². The third kappa shape index (κ3) is 2.67. The molecule has 0 amide bonds. The van der Waals surface area contributed by atoms with Crippen LogP contribution in [0.1, 0.15) is 41.8 Å². The van der Waals surface area contributed by atoms with Gasteiger partial charge in [0.1, 0.15) is 0 Å². The minimum absolute atomic E-state index is 0.0417. The van der Waals surface area contributed by atoms with Gasteiger partial charge in [0.2, 0.25) is 0 Å². The Morgan fingerprint density at radius 3 is 2.50 bits per heavy atom. The van der Waals surface area contributed by atoms with Crippen LogP contribution in [0.3, 0.4) is 0 Å². The van der Waals surface area contributed by atoms with Crippen LogP contribution in [0.2, 0.25) is 0 Å². The molecule has 0 aliphatic carbocycles. The van der Waals surface area contributed by atoms with Crippen molar-refractivity contribution < 1.29 is 4.79 Å². The van der Waals surface area contributed by atoms with E-state index in [1.165, 1.54) is 5.56 Å². The van der Waals surface area contributed by atoms with Crippen LogP contribution in [0.25, 0.3) is 0 Å². The third-order valence-corrected chi connectivity index (χ3v) is 2.97. The second-order valence-corrected chi connectivity index (χ2v) is 4.37. The van der Waals surface area contributed by atoms with E-state index in [-0.39, 0.29) is 5.78 Å². The molecule has 2 rings (SSSR count). The zero-order valence-corrected chi connectivity index (χ0v) is 10.9. The Hall–Kier alpha value is -1.90. The molecule has 0 unspecified atom stereocenters. The van der Waals surface area contributed by atoms with Gasteiger partial charge in [0.05, 0.1) is 11.8 Å². The number of carbonyl (C=O) groups is 1. The zero-order valence-electron chi connectivity index (χ0n) is 10.9. The topological polar surface area (TPSA) is 34.9 Å². The van der Waals surface area contributed by atoms with Gasteiger partial charge in [-0.2, -0.15) is 5.10 Å². The molecule has 0 aliphatic heterocycles. The molecule has 0 spiro atoms. The van der Waals surface area contributed by atoms with E-state index in [0.717, 1.165) is 24.9 Å². The minimum Gasteiger partial charge on any atom is -0.288 e. The van der Waals surface area contributed by atoms with Crippen LogP contribution in [-0.4, -0.2) is 15.6 Å². The quantitative estimate of drug-likeness (QED) is 0.755. The highest BCUT2D eigenvalue weighted by molar-refractivity contribution is 6.08. The molecule has 3 heteroatoms. The minimum atomic E-state index is 0.0417. The second kappa shape index (κ2) is 5.63. The molecule has 0 fully saturated rings. The molecule has 0 saturated heterocycles. The maximum absolute atomic E-state index is 12.2. The van der Waals surface area contributed by atoms with Crippen molar-refractivity contribution in [3.63, 3.8) is 0 Å². The van der Waals surface area contributed by atoms with Gasteiger partial charge in [-0.05, 0) is 18.4 Å². The Morgan fingerprint density at radius 2 is 1.89 bits per heavy atom. The summed E-state index contributed by atoms with van der Waals surface area (Å²) in [5.41, 5.74) is 2.63. The molecule has 0 radical (unpaired) electrons. The average molecular weight is 242 g/mol. The van der Waals surface area contributed by atoms with E-state index in [1.807, 2.05) is 35.1 Å². The van der Waals surface area contributed by atoms with E-state index in [9.17, 15) is 4.79 Å². The molecular weight excluding hydrogens is 224 g/mol. The summed E-state index contributed by atoms with van der Waals surface area (Å²) in [7, 11) is 0. The van der Waals surface area contributed by atoms with Crippen LogP contribution in [0, 0.1) is 0 Å². The predicted molar refractivity (Wildman–Crippen MR) is 71.8 cm³/mol. The van der Waals surface area contributed by atoms with E-state index in [4.69, 9.17) is 0 Å². The fraction of sp³-hybridized carbons (Fsp3) is 0.333. The van der Waals surface area contributed by atoms with Crippen LogP contribution in [0.15, 0.2) is 36.7 Å². The van der Waals surface area contributed by atoms with Crippen molar-refractivity contribution in [3.05, 3.63) is 53.3 Å². The summed E-state index contributed by atoms with van der Waals surface area (Å²) < 4.78 is 1.81. The highest BCUT2D eigenvalue weighted by Crippen LogP contribution is 2.11. The molecule has 0 aliphatic rings. The SMILES string of the molecule is CCCn1cc(C(=O)c2ccc(CC)cc2)cn1. The predicted octanol–water partition coefficient (Wildman–Crippen LogP) is 3.09. The van der Waals surface area contributed by atoms with Crippen LogP contribution in [0.4, 0.5) is 0 Å². The highest BCUT2D eigenvalue weighted by atomic mass is 16.1. The number of aryl methyl sites for hydroxylation is 2. The lowest BCUT2D eigenvalue weighted by Gasteiger charge is -2.00. The van der Waals surface area contributed by atoms with Gasteiger partial charge in [0.25, 0.3) is 0 Å². The molecule has 3 nitrogen and oxygen atoms in total. The summed E-state index contributed by atoms with van der Waals surface area (Å²) in [6.07, 6.45) is 5.47. The van der Waals surface area contributed by atoms with Crippen molar-refractivity contribution in [1.29, 1.82) is 0 Å². The third-order valence-electron chi connectivity index (χ3n) is 2.97. The average Bonchev–Trinajstić information content (AvgIpc) is 2.87. The van der Waals surface area contributed by atoms with Gasteiger partial charge in [-0.15, -0.1) is 0 Å². The van der Waals surface area contributed by atoms with Crippen molar-refractivity contribution >= 4 is 5.78 Å². The summed E-state index contributed by atoms with van der Waals surface area (Å²) in [6.45, 7) is 5.04. The maximum atomic E-state index is 12.2. The molecule has 1 heterocycles. The Bertz CT molecular complexity index is 526. The zero-order chi connectivity index (χ0) is 13.0. The van der Waals surface area contributed by atoms with Gasteiger partial charge in [0.15, 0.2) is 5.78 Å². The number of benzene rings is 1. The number of aromatic nitrogens is 2. The second-order valence-electron chi connectivity index (χ2n) is 4.37. The fourth-order valence-corrected chi connectivity index (χ4v) is 1.89. The van der Waals surface area contributed by atoms with Crippen molar-refractivity contribution in [2.45, 2.75) is 33.2 Å². The normalized spacial score (nSPS) is 10.6. The van der Waals surface area contributed by atoms with Crippen LogP contribution < -0.4 is 0 Å². The van der Waals surface area contributed by atoms with E-state index in [0.29, 0.717) is 5.56 Å². The number of nitrogens with zero attached hydrogens (tertiary/aromatic N) is 2. The molecule has 0 N–H and O–H groups in total. The lowest BCUT2D eigenvalue weighted by Crippen LogP contribution is -2.00. The molecule has 2 aromatic rings. The first kappa shape index (κ1) is 12.6. The standard InChI is InChI=1S/C15H18N2O/c1-3-9-17-11-14(10-16-17)15(18)13-7-5-12(4-2)6-8-13/h5-8,10-11H,3-4,9H2,1-2H3. The lowest BCUT2D eigenvalue weighted by molar-refractivity contribution is 0.103. The van der Waals surface area contributed by atoms with Crippen LogP contribution in [-0.2, 0) is 13.0 Å². The first-order valence-electron chi connectivity index (χ1n) is 6.40. The summed E-state index contributed by atoms with van der Waals surface area (Å²) in [4.78, 5) is 12.2. The molecule has 1 aromatic heterocycles. The Balaban J connectivity index is 2.18. The smallest absolute Gasteiger partial charge is 0.196 e. The number of hydrogen-bond donors (Lipinski definition) is 0. The van der Waals surface area contributed by atoms with Crippen molar-refractivity contribution in [1.82, 2.24) is 9.78 Å². The van der Waals surface area contributed by atoms with Gasteiger partial charge in [-0.3, -0.25) is 9.48 Å². The Morgan fingerprint density at radius 1 is 1.17 bits per heavy atom. The molecule has 0 saturated carbocycles. The first-order valence-corrected chi connectivity index (χ1v) is 6.40. The number of rotatable bonds is 5. The van der Waals surface area contributed by atoms with Gasteiger partial charge in [0, 0.05) is 18.3 Å². The molecule has 0 bridgehead atoms. The van der Waals surface area contributed by atoms with Gasteiger partial charge < -0.3 is 0 Å². The maximum Gasteiger partial charge on any atom is 0.196 e. The largest absolute Gasteiger partial charge is 0.288 e. The highest BCUT2D eigenvalue weighted by Gasteiger charge is 2.10.